The normalized spacial score (nSPS) is 15.8. The Morgan fingerprint density at radius 3 is 2.84 bits per heavy atom. The molecule has 0 saturated carbocycles. The number of amides is 1. The van der Waals surface area contributed by atoms with Crippen LogP contribution in [-0.2, 0) is 9.53 Å². The number of fused-ring (bicyclic) bond motifs is 1. The predicted molar refractivity (Wildman–Crippen MR) is 118 cm³/mol. The van der Waals surface area contributed by atoms with Gasteiger partial charge in [-0.15, -0.1) is 0 Å². The second kappa shape index (κ2) is 10.2. The number of nitrogens with one attached hydrogen (secondary N) is 1. The van der Waals surface area contributed by atoms with E-state index in [1.807, 2.05) is 4.40 Å². The van der Waals surface area contributed by atoms with Gasteiger partial charge >= 0.3 is 0 Å². The van der Waals surface area contributed by atoms with Crippen LogP contribution in [0.5, 0.6) is 0 Å². The van der Waals surface area contributed by atoms with Crippen molar-refractivity contribution in [3.63, 3.8) is 0 Å². The lowest BCUT2D eigenvalue weighted by molar-refractivity contribution is -0.121. The minimum atomic E-state index is -0.478. The SMILES string of the molecule is O=C(CC(c1ccccc1F)c1cnc2ccc(Cl)cn12)NCCCN1CCOCC1. The third kappa shape index (κ3) is 5.42. The highest BCUT2D eigenvalue weighted by molar-refractivity contribution is 6.30. The number of halogens is 2. The minimum Gasteiger partial charge on any atom is -0.379 e. The summed E-state index contributed by atoms with van der Waals surface area (Å²) in [5, 5.41) is 3.54. The molecule has 31 heavy (non-hydrogen) atoms. The van der Waals surface area contributed by atoms with Crippen LogP contribution < -0.4 is 5.32 Å². The molecule has 1 aliphatic rings. The van der Waals surface area contributed by atoms with Gasteiger partial charge in [-0.25, -0.2) is 9.37 Å². The van der Waals surface area contributed by atoms with Crippen molar-refractivity contribution in [2.24, 2.45) is 0 Å². The minimum absolute atomic E-state index is 0.118. The van der Waals surface area contributed by atoms with Gasteiger partial charge in [0.1, 0.15) is 11.5 Å². The van der Waals surface area contributed by atoms with Gasteiger partial charge in [0, 0.05) is 44.4 Å². The molecule has 0 radical (unpaired) electrons. The summed E-state index contributed by atoms with van der Waals surface area (Å²) < 4.78 is 21.9. The van der Waals surface area contributed by atoms with Crippen LogP contribution in [0.4, 0.5) is 4.39 Å². The van der Waals surface area contributed by atoms with Crippen LogP contribution in [-0.4, -0.2) is 59.6 Å². The molecule has 1 amide bonds. The summed E-state index contributed by atoms with van der Waals surface area (Å²) >= 11 is 6.17. The lowest BCUT2D eigenvalue weighted by atomic mass is 9.92. The van der Waals surface area contributed by atoms with Crippen molar-refractivity contribution >= 4 is 23.2 Å². The molecule has 1 N–H and O–H groups in total. The Morgan fingerprint density at radius 1 is 1.23 bits per heavy atom. The second-order valence-corrected chi connectivity index (χ2v) is 8.13. The monoisotopic (exact) mass is 444 g/mol. The second-order valence-electron chi connectivity index (χ2n) is 7.69. The zero-order chi connectivity index (χ0) is 21.6. The summed E-state index contributed by atoms with van der Waals surface area (Å²) in [6.07, 6.45) is 4.42. The van der Waals surface area contributed by atoms with Crippen molar-refractivity contribution in [2.45, 2.75) is 18.8 Å². The van der Waals surface area contributed by atoms with E-state index < -0.39 is 5.92 Å². The van der Waals surface area contributed by atoms with E-state index in [1.165, 1.54) is 6.07 Å². The highest BCUT2D eigenvalue weighted by Crippen LogP contribution is 2.31. The molecule has 4 rings (SSSR count). The first-order valence-electron chi connectivity index (χ1n) is 10.6. The molecule has 0 bridgehead atoms. The Morgan fingerprint density at radius 2 is 2.03 bits per heavy atom. The highest BCUT2D eigenvalue weighted by Gasteiger charge is 2.24. The number of morpholine rings is 1. The Kier molecular flexibility index (Phi) is 7.17. The molecule has 3 aromatic rings. The maximum absolute atomic E-state index is 14.7. The van der Waals surface area contributed by atoms with Gasteiger partial charge in [-0.3, -0.25) is 9.69 Å². The zero-order valence-corrected chi connectivity index (χ0v) is 18.0. The van der Waals surface area contributed by atoms with Crippen LogP contribution in [0.3, 0.4) is 0 Å². The Hall–Kier alpha value is -2.48. The summed E-state index contributed by atoms with van der Waals surface area (Å²) in [6, 6.07) is 10.1. The third-order valence-electron chi connectivity index (χ3n) is 5.60. The molecule has 0 spiro atoms. The van der Waals surface area contributed by atoms with Crippen LogP contribution >= 0.6 is 11.6 Å². The number of benzene rings is 1. The predicted octanol–water partition coefficient (Wildman–Crippen LogP) is 3.49. The maximum Gasteiger partial charge on any atom is 0.221 e. The summed E-state index contributed by atoms with van der Waals surface area (Å²) in [5.74, 6) is -0.939. The number of pyridine rings is 1. The summed E-state index contributed by atoms with van der Waals surface area (Å²) in [7, 11) is 0. The molecule has 3 heterocycles. The molecule has 8 heteroatoms. The average molecular weight is 445 g/mol. The van der Waals surface area contributed by atoms with Gasteiger partial charge in [0.15, 0.2) is 0 Å². The largest absolute Gasteiger partial charge is 0.379 e. The molecule has 2 aromatic heterocycles. The highest BCUT2D eigenvalue weighted by atomic mass is 35.5. The molecule has 1 atom stereocenters. The lowest BCUT2D eigenvalue weighted by Crippen LogP contribution is -2.38. The maximum atomic E-state index is 14.7. The fraction of sp³-hybridized carbons (Fsp3) is 0.391. The van der Waals surface area contributed by atoms with Gasteiger partial charge < -0.3 is 14.5 Å². The first kappa shape index (κ1) is 21.7. The van der Waals surface area contributed by atoms with E-state index in [-0.39, 0.29) is 18.1 Å². The quantitative estimate of drug-likeness (QED) is 0.540. The zero-order valence-electron chi connectivity index (χ0n) is 17.3. The third-order valence-corrected chi connectivity index (χ3v) is 5.83. The first-order chi connectivity index (χ1) is 15.1. The van der Waals surface area contributed by atoms with Crippen molar-refractivity contribution in [2.75, 3.05) is 39.4 Å². The fourth-order valence-electron chi connectivity index (χ4n) is 3.98. The number of hydrogen-bond donors (Lipinski definition) is 1. The number of ether oxygens (including phenoxy) is 1. The number of carbonyl (C=O) groups is 1. The van der Waals surface area contributed by atoms with E-state index in [2.05, 4.69) is 15.2 Å². The van der Waals surface area contributed by atoms with Crippen molar-refractivity contribution in [1.29, 1.82) is 0 Å². The standard InChI is InChI=1S/C23H26ClFN4O2/c24-17-6-7-22-27-15-21(29(22)16-17)19(18-4-1-2-5-20(18)25)14-23(30)26-8-3-9-28-10-12-31-13-11-28/h1-2,4-7,15-16,19H,3,8-14H2,(H,26,30). The van der Waals surface area contributed by atoms with Gasteiger partial charge in [-0.1, -0.05) is 29.8 Å². The van der Waals surface area contributed by atoms with Gasteiger partial charge in [0.25, 0.3) is 0 Å². The van der Waals surface area contributed by atoms with E-state index in [0.717, 1.165) is 45.0 Å². The van der Waals surface area contributed by atoms with Crippen LogP contribution in [0.1, 0.15) is 30.0 Å². The average Bonchev–Trinajstić information content (AvgIpc) is 3.19. The summed E-state index contributed by atoms with van der Waals surface area (Å²) in [4.78, 5) is 19.5. The van der Waals surface area contributed by atoms with Crippen LogP contribution in [0.15, 0.2) is 48.8 Å². The Balaban J connectivity index is 1.46. The molecule has 1 unspecified atom stereocenters. The molecule has 1 aliphatic heterocycles. The van der Waals surface area contributed by atoms with E-state index in [4.69, 9.17) is 16.3 Å². The smallest absolute Gasteiger partial charge is 0.221 e. The number of imidazole rings is 1. The van der Waals surface area contributed by atoms with Crippen molar-refractivity contribution in [3.05, 3.63) is 70.9 Å². The molecule has 0 aliphatic carbocycles. The number of carbonyl (C=O) groups excluding carboxylic acids is 1. The van der Waals surface area contributed by atoms with E-state index >= 15 is 0 Å². The molecular weight excluding hydrogens is 419 g/mol. The topological polar surface area (TPSA) is 58.9 Å². The molecule has 164 valence electrons. The van der Waals surface area contributed by atoms with Crippen LogP contribution in [0.2, 0.25) is 5.02 Å². The number of aromatic nitrogens is 2. The lowest BCUT2D eigenvalue weighted by Gasteiger charge is -2.26. The van der Waals surface area contributed by atoms with Gasteiger partial charge in [0.2, 0.25) is 5.91 Å². The Bertz CT molecular complexity index is 1040. The molecule has 1 saturated heterocycles. The number of hydrogen-bond acceptors (Lipinski definition) is 4. The Labute approximate surface area is 186 Å². The molecule has 1 aromatic carbocycles. The molecule has 1 fully saturated rings. The number of nitrogens with zero attached hydrogens (tertiary/aromatic N) is 3. The van der Waals surface area contributed by atoms with Crippen LogP contribution in [0.25, 0.3) is 5.65 Å². The van der Waals surface area contributed by atoms with Crippen molar-refractivity contribution in [1.82, 2.24) is 19.6 Å². The summed E-state index contributed by atoms with van der Waals surface area (Å²) in [6.45, 7) is 4.89. The van der Waals surface area contributed by atoms with Crippen LogP contribution in [0, 0.1) is 5.82 Å². The van der Waals surface area contributed by atoms with Crippen molar-refractivity contribution < 1.29 is 13.9 Å². The molecular formula is C23H26ClFN4O2. The van der Waals surface area contributed by atoms with Crippen molar-refractivity contribution in [3.8, 4) is 0 Å². The number of rotatable bonds is 8. The van der Waals surface area contributed by atoms with Gasteiger partial charge in [-0.2, -0.15) is 0 Å². The van der Waals surface area contributed by atoms with Gasteiger partial charge in [-0.05, 0) is 36.7 Å². The summed E-state index contributed by atoms with van der Waals surface area (Å²) in [5.41, 5.74) is 1.89. The molecule has 6 nitrogen and oxygen atoms in total. The van der Waals surface area contributed by atoms with E-state index in [0.29, 0.717) is 22.8 Å². The fourth-order valence-corrected chi connectivity index (χ4v) is 4.14. The van der Waals surface area contributed by atoms with E-state index in [1.54, 1.807) is 42.7 Å². The van der Waals surface area contributed by atoms with E-state index in [9.17, 15) is 9.18 Å². The first-order valence-corrected chi connectivity index (χ1v) is 10.9. The van der Waals surface area contributed by atoms with Gasteiger partial charge in [0.05, 0.1) is 23.9 Å².